The van der Waals surface area contributed by atoms with Crippen LogP contribution in [0.5, 0.6) is 0 Å². The molecule has 110 valence electrons. The Bertz CT molecular complexity index is 595. The van der Waals surface area contributed by atoms with E-state index < -0.39 is 0 Å². The van der Waals surface area contributed by atoms with Gasteiger partial charge in [-0.3, -0.25) is 4.79 Å². The first-order valence-corrected chi connectivity index (χ1v) is 7.13. The number of hydrogen-bond acceptors (Lipinski definition) is 4. The number of carbonyl (C=O) groups excluding carboxylic acids is 1. The second-order valence-electron chi connectivity index (χ2n) is 4.90. The minimum absolute atomic E-state index is 0.0592. The molecule has 21 heavy (non-hydrogen) atoms. The van der Waals surface area contributed by atoms with Gasteiger partial charge in [0.1, 0.15) is 12.1 Å². The molecule has 0 radical (unpaired) electrons. The van der Waals surface area contributed by atoms with Crippen LogP contribution in [-0.2, 0) is 4.79 Å². The molecule has 0 fully saturated rings. The van der Waals surface area contributed by atoms with E-state index in [9.17, 15) is 4.79 Å². The Labute approximate surface area is 124 Å². The van der Waals surface area contributed by atoms with Crippen LogP contribution in [-0.4, -0.2) is 15.9 Å². The number of hydrogen-bond donors (Lipinski definition) is 2. The Balaban J connectivity index is 1.94. The summed E-state index contributed by atoms with van der Waals surface area (Å²) in [4.78, 5) is 19.8. The Morgan fingerprint density at radius 1 is 1.14 bits per heavy atom. The van der Waals surface area contributed by atoms with Gasteiger partial charge in [-0.15, -0.1) is 0 Å². The average Bonchev–Trinajstić information content (AvgIpc) is 2.47. The average molecular weight is 284 g/mol. The molecule has 0 bridgehead atoms. The van der Waals surface area contributed by atoms with Gasteiger partial charge in [0.2, 0.25) is 5.91 Å². The lowest BCUT2D eigenvalue weighted by Gasteiger charge is -2.08. The van der Waals surface area contributed by atoms with Crippen molar-refractivity contribution < 1.29 is 4.79 Å². The quantitative estimate of drug-likeness (QED) is 0.849. The predicted molar refractivity (Wildman–Crippen MR) is 84.6 cm³/mol. The van der Waals surface area contributed by atoms with Crippen LogP contribution < -0.4 is 10.6 Å². The molecule has 2 N–H and O–H groups in total. The predicted octanol–water partition coefficient (Wildman–Crippen LogP) is 3.66. The van der Waals surface area contributed by atoms with E-state index in [1.54, 1.807) is 0 Å². The van der Waals surface area contributed by atoms with Crippen LogP contribution in [0.3, 0.4) is 0 Å². The highest BCUT2D eigenvalue weighted by molar-refractivity contribution is 5.90. The fourth-order valence-electron chi connectivity index (χ4n) is 1.87. The van der Waals surface area contributed by atoms with Gasteiger partial charge in [-0.25, -0.2) is 9.97 Å². The molecule has 0 saturated carbocycles. The number of rotatable bonds is 6. The molecule has 1 aromatic heterocycles. The van der Waals surface area contributed by atoms with Gasteiger partial charge in [0.15, 0.2) is 0 Å². The number of amides is 1. The fraction of sp³-hybridized carbons (Fsp3) is 0.312. The third-order valence-electron chi connectivity index (χ3n) is 3.00. The van der Waals surface area contributed by atoms with Crippen molar-refractivity contribution in [1.29, 1.82) is 0 Å². The second-order valence-corrected chi connectivity index (χ2v) is 4.90. The highest BCUT2D eigenvalue weighted by Gasteiger charge is 2.02. The summed E-state index contributed by atoms with van der Waals surface area (Å²) in [5.74, 6) is 0.811. The molecule has 0 unspecified atom stereocenters. The summed E-state index contributed by atoms with van der Waals surface area (Å²) in [7, 11) is 0. The molecule has 2 aromatic rings. The number of aryl methyl sites for hydroxylation is 1. The van der Waals surface area contributed by atoms with Crippen LogP contribution >= 0.6 is 0 Å². The topological polar surface area (TPSA) is 66.9 Å². The maximum absolute atomic E-state index is 11.6. The van der Waals surface area contributed by atoms with E-state index in [0.29, 0.717) is 6.42 Å². The summed E-state index contributed by atoms with van der Waals surface area (Å²) in [5, 5.41) is 6.08. The van der Waals surface area contributed by atoms with E-state index in [0.717, 1.165) is 35.7 Å². The van der Waals surface area contributed by atoms with Crippen LogP contribution in [0.15, 0.2) is 36.7 Å². The van der Waals surface area contributed by atoms with Crippen molar-refractivity contribution in [1.82, 2.24) is 9.97 Å². The molecule has 1 amide bonds. The van der Waals surface area contributed by atoms with E-state index in [1.165, 1.54) is 6.33 Å². The Kier molecular flexibility index (Phi) is 5.26. The lowest BCUT2D eigenvalue weighted by atomic mass is 10.2. The first-order chi connectivity index (χ1) is 10.2. The van der Waals surface area contributed by atoms with Crippen LogP contribution in [0, 0.1) is 6.92 Å². The molecule has 5 heteroatoms. The summed E-state index contributed by atoms with van der Waals surface area (Å²) in [5.41, 5.74) is 2.63. The van der Waals surface area contributed by atoms with Gasteiger partial charge < -0.3 is 10.6 Å². The minimum Gasteiger partial charge on any atom is -0.340 e. The number of nitrogens with one attached hydrogen (secondary N) is 2. The van der Waals surface area contributed by atoms with Crippen LogP contribution in [0.1, 0.15) is 31.9 Å². The van der Waals surface area contributed by atoms with Gasteiger partial charge in [0.05, 0.1) is 0 Å². The minimum atomic E-state index is 0.0592. The summed E-state index contributed by atoms with van der Waals surface area (Å²) < 4.78 is 0. The molecule has 0 aliphatic rings. The van der Waals surface area contributed by atoms with E-state index in [-0.39, 0.29) is 5.91 Å². The maximum Gasteiger partial charge on any atom is 0.224 e. The fourth-order valence-corrected chi connectivity index (χ4v) is 1.87. The highest BCUT2D eigenvalue weighted by Crippen LogP contribution is 2.17. The van der Waals surface area contributed by atoms with Crippen molar-refractivity contribution >= 4 is 23.1 Å². The van der Waals surface area contributed by atoms with Gasteiger partial charge in [0.25, 0.3) is 0 Å². The van der Waals surface area contributed by atoms with Gasteiger partial charge >= 0.3 is 0 Å². The number of benzene rings is 1. The van der Waals surface area contributed by atoms with Crippen molar-refractivity contribution in [3.8, 4) is 0 Å². The van der Waals surface area contributed by atoms with Crippen molar-refractivity contribution in [2.75, 3.05) is 10.6 Å². The second kappa shape index (κ2) is 7.38. The molecular formula is C16H20N4O. The first kappa shape index (κ1) is 15.0. The van der Waals surface area contributed by atoms with Gasteiger partial charge in [-0.2, -0.15) is 0 Å². The number of nitrogens with zero attached hydrogens (tertiary/aromatic N) is 2. The van der Waals surface area contributed by atoms with E-state index in [1.807, 2.05) is 37.3 Å². The zero-order chi connectivity index (χ0) is 15.1. The molecule has 1 heterocycles. The largest absolute Gasteiger partial charge is 0.340 e. The van der Waals surface area contributed by atoms with E-state index in [4.69, 9.17) is 0 Å². The molecule has 2 rings (SSSR count). The van der Waals surface area contributed by atoms with E-state index in [2.05, 4.69) is 27.5 Å². The van der Waals surface area contributed by atoms with Crippen LogP contribution in [0.2, 0.25) is 0 Å². The molecule has 0 spiro atoms. The lowest BCUT2D eigenvalue weighted by molar-refractivity contribution is -0.116. The molecule has 0 atom stereocenters. The Morgan fingerprint density at radius 3 is 2.52 bits per heavy atom. The summed E-state index contributed by atoms with van der Waals surface area (Å²) in [6.45, 7) is 3.99. The van der Waals surface area contributed by atoms with Crippen molar-refractivity contribution in [3.05, 3.63) is 42.4 Å². The number of anilines is 3. The zero-order valence-corrected chi connectivity index (χ0v) is 12.4. The van der Waals surface area contributed by atoms with Crippen LogP contribution in [0.4, 0.5) is 17.2 Å². The third-order valence-corrected chi connectivity index (χ3v) is 3.00. The van der Waals surface area contributed by atoms with Gasteiger partial charge in [-0.1, -0.05) is 13.3 Å². The van der Waals surface area contributed by atoms with E-state index >= 15 is 0 Å². The molecule has 0 aliphatic carbocycles. The Hall–Kier alpha value is -2.43. The normalized spacial score (nSPS) is 10.2. The zero-order valence-electron chi connectivity index (χ0n) is 12.4. The molecular weight excluding hydrogens is 264 g/mol. The summed E-state index contributed by atoms with van der Waals surface area (Å²) >= 11 is 0. The first-order valence-electron chi connectivity index (χ1n) is 7.13. The van der Waals surface area contributed by atoms with Gasteiger partial charge in [-0.05, 0) is 37.6 Å². The summed E-state index contributed by atoms with van der Waals surface area (Å²) in [6.07, 6.45) is 4.03. The number of unbranched alkanes of at least 4 members (excludes halogenated alkanes) is 1. The SMILES string of the molecule is CCCCC(=O)Nc1ccc(Nc2cc(C)ncn2)cc1. The monoisotopic (exact) mass is 284 g/mol. The van der Waals surface area contributed by atoms with Crippen LogP contribution in [0.25, 0.3) is 0 Å². The van der Waals surface area contributed by atoms with Crippen molar-refractivity contribution in [2.45, 2.75) is 33.1 Å². The molecule has 1 aromatic carbocycles. The molecule has 0 aliphatic heterocycles. The highest BCUT2D eigenvalue weighted by atomic mass is 16.1. The lowest BCUT2D eigenvalue weighted by Crippen LogP contribution is -2.10. The number of aromatic nitrogens is 2. The molecule has 0 saturated heterocycles. The van der Waals surface area contributed by atoms with Crippen molar-refractivity contribution in [2.24, 2.45) is 0 Å². The third kappa shape index (κ3) is 4.87. The smallest absolute Gasteiger partial charge is 0.224 e. The standard InChI is InChI=1S/C16H20N4O/c1-3-4-5-16(21)20-14-8-6-13(7-9-14)19-15-10-12(2)17-11-18-15/h6-11H,3-5H2,1-2H3,(H,20,21)(H,17,18,19). The maximum atomic E-state index is 11.6. The number of carbonyl (C=O) groups is 1. The summed E-state index contributed by atoms with van der Waals surface area (Å²) in [6, 6.07) is 9.45. The molecule has 5 nitrogen and oxygen atoms in total. The Morgan fingerprint density at radius 2 is 1.86 bits per heavy atom. The van der Waals surface area contributed by atoms with Crippen molar-refractivity contribution in [3.63, 3.8) is 0 Å². The van der Waals surface area contributed by atoms with Gasteiger partial charge in [0, 0.05) is 29.6 Å².